The first-order valence-corrected chi connectivity index (χ1v) is 14.4. The molecule has 2 amide bonds. The van der Waals surface area contributed by atoms with Gasteiger partial charge in [0.25, 0.3) is 0 Å². The van der Waals surface area contributed by atoms with Gasteiger partial charge in [-0.1, -0.05) is 65.5 Å². The van der Waals surface area contributed by atoms with Crippen molar-refractivity contribution in [3.63, 3.8) is 0 Å². The first-order chi connectivity index (χ1) is 16.5. The number of nitrogens with one attached hydrogen (secondary N) is 1. The number of anilines is 1. The lowest BCUT2D eigenvalue weighted by molar-refractivity contribution is -0.141. The maximum absolute atomic E-state index is 13.7. The number of sulfonamides is 1. The van der Waals surface area contributed by atoms with Gasteiger partial charge in [0, 0.05) is 12.1 Å². The van der Waals surface area contributed by atoms with Gasteiger partial charge in [0.05, 0.1) is 32.0 Å². The molecule has 0 heterocycles. The lowest BCUT2D eigenvalue weighted by Gasteiger charge is -2.34. The minimum absolute atomic E-state index is 0.00727. The molecule has 0 bridgehead atoms. The molecule has 36 heavy (non-hydrogen) atoms. The van der Waals surface area contributed by atoms with Crippen LogP contribution in [0.15, 0.2) is 36.4 Å². The van der Waals surface area contributed by atoms with Gasteiger partial charge < -0.3 is 10.2 Å². The van der Waals surface area contributed by atoms with Crippen LogP contribution in [0, 0.1) is 0 Å². The van der Waals surface area contributed by atoms with Crippen LogP contribution in [0.1, 0.15) is 39.7 Å². The average molecular weight is 597 g/mol. The van der Waals surface area contributed by atoms with Crippen molar-refractivity contribution in [1.82, 2.24) is 10.2 Å². The molecule has 0 saturated heterocycles. The van der Waals surface area contributed by atoms with Crippen molar-refractivity contribution in [1.29, 1.82) is 0 Å². The van der Waals surface area contributed by atoms with Crippen LogP contribution in [-0.4, -0.2) is 49.5 Å². The molecule has 0 spiro atoms. The van der Waals surface area contributed by atoms with Gasteiger partial charge >= 0.3 is 0 Å². The van der Waals surface area contributed by atoms with Crippen LogP contribution in [0.5, 0.6) is 0 Å². The second-order valence-corrected chi connectivity index (χ2v) is 12.8. The van der Waals surface area contributed by atoms with Crippen molar-refractivity contribution in [2.45, 2.75) is 52.2 Å². The number of carbonyl (C=O) groups excluding carboxylic acids is 2. The Balaban J connectivity index is 2.53. The van der Waals surface area contributed by atoms with Gasteiger partial charge in [-0.15, -0.1) is 0 Å². The molecular formula is C24H29Cl4N3O4S. The Kier molecular flexibility index (Phi) is 10.4. The van der Waals surface area contributed by atoms with Crippen molar-refractivity contribution in [3.8, 4) is 0 Å². The van der Waals surface area contributed by atoms with E-state index in [0.29, 0.717) is 10.6 Å². The van der Waals surface area contributed by atoms with E-state index in [2.05, 4.69) is 5.32 Å². The molecule has 1 atom stereocenters. The van der Waals surface area contributed by atoms with E-state index < -0.39 is 34.1 Å². The highest BCUT2D eigenvalue weighted by molar-refractivity contribution is 7.92. The van der Waals surface area contributed by atoms with Crippen molar-refractivity contribution in [3.05, 3.63) is 62.1 Å². The van der Waals surface area contributed by atoms with E-state index in [4.69, 9.17) is 46.4 Å². The molecule has 0 aliphatic carbocycles. The normalized spacial score (nSPS) is 12.7. The van der Waals surface area contributed by atoms with Crippen LogP contribution in [0.4, 0.5) is 5.69 Å². The van der Waals surface area contributed by atoms with Crippen LogP contribution < -0.4 is 9.62 Å². The van der Waals surface area contributed by atoms with E-state index in [1.165, 1.54) is 23.1 Å². The number of carbonyl (C=O) groups is 2. The SMILES string of the molecule is CCC(C(=O)NC(C)(C)C)N(Cc1ccc(Cl)c(Cl)c1)C(=O)CN(c1cccc(Cl)c1Cl)S(C)(=O)=O. The summed E-state index contributed by atoms with van der Waals surface area (Å²) in [4.78, 5) is 28.2. The lowest BCUT2D eigenvalue weighted by Crippen LogP contribution is -2.55. The number of halogens is 4. The summed E-state index contributed by atoms with van der Waals surface area (Å²) in [5, 5.41) is 3.65. The Morgan fingerprint density at radius 3 is 2.17 bits per heavy atom. The van der Waals surface area contributed by atoms with Gasteiger partial charge in [0.2, 0.25) is 21.8 Å². The lowest BCUT2D eigenvalue weighted by atomic mass is 10.1. The molecule has 2 rings (SSSR count). The number of nitrogens with zero attached hydrogens (tertiary/aromatic N) is 2. The van der Waals surface area contributed by atoms with Crippen molar-refractivity contribution < 1.29 is 18.0 Å². The molecule has 0 aliphatic rings. The summed E-state index contributed by atoms with van der Waals surface area (Å²) < 4.78 is 26.3. The molecule has 0 aromatic heterocycles. The minimum Gasteiger partial charge on any atom is -0.350 e. The molecule has 1 N–H and O–H groups in total. The molecule has 2 aromatic carbocycles. The zero-order valence-electron chi connectivity index (χ0n) is 20.6. The van der Waals surface area contributed by atoms with Crippen LogP contribution in [-0.2, 0) is 26.2 Å². The molecular weight excluding hydrogens is 568 g/mol. The molecule has 0 saturated carbocycles. The fourth-order valence-electron chi connectivity index (χ4n) is 3.49. The molecule has 1 unspecified atom stereocenters. The third kappa shape index (κ3) is 8.15. The van der Waals surface area contributed by atoms with Gasteiger partial charge in [-0.2, -0.15) is 0 Å². The highest BCUT2D eigenvalue weighted by Gasteiger charge is 2.33. The summed E-state index contributed by atoms with van der Waals surface area (Å²) in [6.45, 7) is 6.65. The van der Waals surface area contributed by atoms with Crippen molar-refractivity contribution in [2.75, 3.05) is 17.1 Å². The summed E-state index contributed by atoms with van der Waals surface area (Å²) in [5.74, 6) is -0.983. The number of hydrogen-bond acceptors (Lipinski definition) is 4. The fraction of sp³-hybridized carbons (Fsp3) is 0.417. The Hall–Kier alpha value is -1.71. The maximum Gasteiger partial charge on any atom is 0.244 e. The van der Waals surface area contributed by atoms with Gasteiger partial charge in [0.1, 0.15) is 12.6 Å². The largest absolute Gasteiger partial charge is 0.350 e. The van der Waals surface area contributed by atoms with Gasteiger partial charge in [-0.25, -0.2) is 8.42 Å². The second-order valence-electron chi connectivity index (χ2n) is 9.28. The van der Waals surface area contributed by atoms with E-state index in [9.17, 15) is 18.0 Å². The van der Waals surface area contributed by atoms with Gasteiger partial charge in [-0.05, 0) is 57.0 Å². The van der Waals surface area contributed by atoms with Gasteiger partial charge in [-0.3, -0.25) is 13.9 Å². The van der Waals surface area contributed by atoms with E-state index in [1.807, 2.05) is 20.8 Å². The van der Waals surface area contributed by atoms with Crippen LogP contribution in [0.2, 0.25) is 20.1 Å². The summed E-state index contributed by atoms with van der Waals surface area (Å²) >= 11 is 24.6. The average Bonchev–Trinajstić information content (AvgIpc) is 2.74. The maximum atomic E-state index is 13.7. The first-order valence-electron chi connectivity index (χ1n) is 11.0. The monoisotopic (exact) mass is 595 g/mol. The Bertz CT molecular complexity index is 1230. The zero-order valence-corrected chi connectivity index (χ0v) is 24.5. The summed E-state index contributed by atoms with van der Waals surface area (Å²) in [5.41, 5.74) is 0.128. The van der Waals surface area contributed by atoms with Crippen LogP contribution in [0.25, 0.3) is 0 Å². The summed E-state index contributed by atoms with van der Waals surface area (Å²) in [6.07, 6.45) is 1.25. The van der Waals surface area contributed by atoms with E-state index >= 15 is 0 Å². The predicted octanol–water partition coefficient (Wildman–Crippen LogP) is 5.79. The van der Waals surface area contributed by atoms with E-state index in [-0.39, 0.29) is 39.6 Å². The van der Waals surface area contributed by atoms with Crippen LogP contribution >= 0.6 is 46.4 Å². The third-order valence-electron chi connectivity index (χ3n) is 5.10. The molecule has 2 aromatic rings. The molecule has 7 nitrogen and oxygen atoms in total. The van der Waals surface area contributed by atoms with Crippen molar-refractivity contribution in [2.24, 2.45) is 0 Å². The first kappa shape index (κ1) is 30.5. The minimum atomic E-state index is -3.95. The smallest absolute Gasteiger partial charge is 0.244 e. The Morgan fingerprint density at radius 2 is 1.64 bits per heavy atom. The number of benzene rings is 2. The van der Waals surface area contributed by atoms with E-state index in [1.54, 1.807) is 25.1 Å². The third-order valence-corrected chi connectivity index (χ3v) is 7.77. The topological polar surface area (TPSA) is 86.8 Å². The highest BCUT2D eigenvalue weighted by atomic mass is 35.5. The van der Waals surface area contributed by atoms with Gasteiger partial charge in [0.15, 0.2) is 0 Å². The molecule has 0 aliphatic heterocycles. The molecule has 0 fully saturated rings. The number of rotatable bonds is 9. The number of amides is 2. The zero-order chi connectivity index (χ0) is 27.4. The van der Waals surface area contributed by atoms with Crippen LogP contribution in [0.3, 0.4) is 0 Å². The Morgan fingerprint density at radius 1 is 1.00 bits per heavy atom. The molecule has 12 heteroatoms. The molecule has 0 radical (unpaired) electrons. The number of hydrogen-bond donors (Lipinski definition) is 1. The quantitative estimate of drug-likeness (QED) is 0.397. The second kappa shape index (κ2) is 12.2. The Labute approximate surface area is 232 Å². The van der Waals surface area contributed by atoms with E-state index in [0.717, 1.165) is 10.6 Å². The summed E-state index contributed by atoms with van der Waals surface area (Å²) in [6, 6.07) is 8.48. The van der Waals surface area contributed by atoms with Crippen molar-refractivity contribution >= 4 is 73.9 Å². The predicted molar refractivity (Wildman–Crippen MR) is 148 cm³/mol. The summed E-state index contributed by atoms with van der Waals surface area (Å²) in [7, 11) is -3.95. The molecule has 198 valence electrons. The highest BCUT2D eigenvalue weighted by Crippen LogP contribution is 2.34. The fourth-order valence-corrected chi connectivity index (χ4v) is 5.11. The standard InChI is InChI=1S/C24H29Cl4N3O4S/c1-6-19(23(33)29-24(2,3)4)30(13-15-10-11-16(25)18(27)12-15)21(32)14-31(36(5,34)35)20-9-7-8-17(26)22(20)28/h7-12,19H,6,13-14H2,1-5H3,(H,29,33).